The van der Waals surface area contributed by atoms with Crippen molar-refractivity contribution in [1.82, 2.24) is 10.2 Å². The largest absolute Gasteiger partial charge is 0.497 e. The van der Waals surface area contributed by atoms with E-state index in [1.807, 2.05) is 0 Å². The monoisotopic (exact) mass is 482 g/mol. The van der Waals surface area contributed by atoms with E-state index in [1.54, 1.807) is 44.4 Å². The topological polar surface area (TPSA) is 122 Å². The third kappa shape index (κ3) is 4.36. The fourth-order valence-electron chi connectivity index (χ4n) is 3.79. The number of hydrogen-bond acceptors (Lipinski definition) is 7. The van der Waals surface area contributed by atoms with E-state index in [0.29, 0.717) is 17.1 Å². The molecule has 0 bridgehead atoms. The van der Waals surface area contributed by atoms with Crippen molar-refractivity contribution in [3.8, 4) is 5.75 Å². The van der Waals surface area contributed by atoms with Crippen LogP contribution in [0.25, 0.3) is 0 Å². The summed E-state index contributed by atoms with van der Waals surface area (Å²) in [6.07, 6.45) is 0. The number of nitrogens with zero attached hydrogens (tertiary/aromatic N) is 1. The standard InChI is InChI=1S/C24H22N2O7S/c1-13-12-34-22-18(25-20(27)16-5-3-4-6-17(16)23(29)30)21(28)26(22)19(13)24(31)33-11-14-7-9-15(32-2)10-8-14/h3-10,18,22H,11-12H2,1-2H3,(H,25,27)(H,29,30)/t18?,22-/m0/s1. The van der Waals surface area contributed by atoms with Gasteiger partial charge < -0.3 is 19.9 Å². The molecule has 2 atom stereocenters. The second-order valence-corrected chi connectivity index (χ2v) is 8.87. The van der Waals surface area contributed by atoms with Crippen molar-refractivity contribution >= 4 is 35.5 Å². The number of methoxy groups -OCH3 is 1. The fraction of sp³-hybridized carbons (Fsp3) is 0.250. The van der Waals surface area contributed by atoms with E-state index in [-0.39, 0.29) is 23.4 Å². The Morgan fingerprint density at radius 1 is 1.12 bits per heavy atom. The molecule has 0 radical (unpaired) electrons. The number of carbonyl (C=O) groups is 4. The minimum Gasteiger partial charge on any atom is -0.497 e. The van der Waals surface area contributed by atoms with Crippen LogP contribution in [0.15, 0.2) is 59.8 Å². The number of rotatable bonds is 7. The van der Waals surface area contributed by atoms with Crippen LogP contribution in [-0.4, -0.2) is 58.0 Å². The minimum absolute atomic E-state index is 0.0333. The number of aromatic carboxylic acids is 1. The summed E-state index contributed by atoms with van der Waals surface area (Å²) in [6, 6.07) is 12.0. The molecular formula is C24H22N2O7S. The molecule has 2 aliphatic rings. The first kappa shape index (κ1) is 23.4. The number of carboxylic acids is 1. The lowest BCUT2D eigenvalue weighted by Crippen LogP contribution is -2.70. The highest BCUT2D eigenvalue weighted by atomic mass is 32.2. The van der Waals surface area contributed by atoms with Gasteiger partial charge in [0.2, 0.25) is 0 Å². The molecule has 1 fully saturated rings. The highest BCUT2D eigenvalue weighted by Gasteiger charge is 2.54. The number of esters is 1. The van der Waals surface area contributed by atoms with E-state index in [4.69, 9.17) is 9.47 Å². The Labute approximate surface area is 199 Å². The van der Waals surface area contributed by atoms with Gasteiger partial charge in [-0.1, -0.05) is 24.3 Å². The molecule has 34 heavy (non-hydrogen) atoms. The number of amides is 2. The van der Waals surface area contributed by atoms with Gasteiger partial charge in [-0.25, -0.2) is 9.59 Å². The normalized spacial score (nSPS) is 19.1. The zero-order valence-electron chi connectivity index (χ0n) is 18.4. The molecule has 1 saturated heterocycles. The molecule has 2 heterocycles. The molecule has 176 valence electrons. The molecule has 9 nitrogen and oxygen atoms in total. The lowest BCUT2D eigenvalue weighted by molar-refractivity contribution is -0.152. The van der Waals surface area contributed by atoms with Crippen molar-refractivity contribution in [2.75, 3.05) is 12.9 Å². The molecule has 4 rings (SSSR count). The molecule has 1 unspecified atom stereocenters. The summed E-state index contributed by atoms with van der Waals surface area (Å²) in [5.74, 6) is -1.79. The zero-order valence-corrected chi connectivity index (χ0v) is 19.3. The van der Waals surface area contributed by atoms with E-state index in [1.165, 1.54) is 34.9 Å². The highest BCUT2D eigenvalue weighted by Crippen LogP contribution is 2.40. The first-order valence-electron chi connectivity index (χ1n) is 10.4. The molecular weight excluding hydrogens is 460 g/mol. The number of β-lactam (4-membered cyclic amide) rings is 1. The lowest BCUT2D eigenvalue weighted by Gasteiger charge is -2.49. The summed E-state index contributed by atoms with van der Waals surface area (Å²) in [5, 5.41) is 11.5. The Balaban J connectivity index is 1.44. The van der Waals surface area contributed by atoms with Crippen LogP contribution in [0.1, 0.15) is 33.2 Å². The maximum absolute atomic E-state index is 12.9. The van der Waals surface area contributed by atoms with Gasteiger partial charge in [0.1, 0.15) is 29.5 Å². The Morgan fingerprint density at radius 2 is 1.79 bits per heavy atom. The molecule has 2 N–H and O–H groups in total. The highest BCUT2D eigenvalue weighted by molar-refractivity contribution is 8.00. The predicted molar refractivity (Wildman–Crippen MR) is 123 cm³/mol. The average Bonchev–Trinajstić information content (AvgIpc) is 2.85. The summed E-state index contributed by atoms with van der Waals surface area (Å²) in [7, 11) is 1.56. The first-order chi connectivity index (χ1) is 16.3. The molecule has 0 saturated carbocycles. The van der Waals surface area contributed by atoms with Crippen LogP contribution in [-0.2, 0) is 20.9 Å². The van der Waals surface area contributed by atoms with Gasteiger partial charge in [0.05, 0.1) is 18.2 Å². The van der Waals surface area contributed by atoms with Gasteiger partial charge in [0.15, 0.2) is 0 Å². The third-order valence-corrected chi connectivity index (χ3v) is 6.99. The summed E-state index contributed by atoms with van der Waals surface area (Å²) < 4.78 is 10.6. The number of carboxylic acid groups (broad SMARTS) is 1. The Hall–Kier alpha value is -3.79. The van der Waals surface area contributed by atoms with E-state index in [0.717, 1.165) is 5.56 Å². The van der Waals surface area contributed by atoms with Crippen molar-refractivity contribution < 1.29 is 33.8 Å². The van der Waals surface area contributed by atoms with Crippen molar-refractivity contribution in [3.63, 3.8) is 0 Å². The number of hydrogen-bond donors (Lipinski definition) is 2. The predicted octanol–water partition coefficient (Wildman–Crippen LogP) is 2.42. The molecule has 2 aliphatic heterocycles. The van der Waals surface area contributed by atoms with Gasteiger partial charge in [0, 0.05) is 5.75 Å². The van der Waals surface area contributed by atoms with Gasteiger partial charge in [-0.3, -0.25) is 14.5 Å². The van der Waals surface area contributed by atoms with E-state index < -0.39 is 35.2 Å². The number of carbonyl (C=O) groups excluding carboxylic acids is 3. The molecule has 2 aromatic rings. The molecule has 0 aliphatic carbocycles. The quantitative estimate of drug-likeness (QED) is 0.456. The van der Waals surface area contributed by atoms with Gasteiger partial charge in [0.25, 0.3) is 11.8 Å². The maximum atomic E-state index is 12.9. The van der Waals surface area contributed by atoms with Gasteiger partial charge >= 0.3 is 11.9 Å². The van der Waals surface area contributed by atoms with Crippen LogP contribution in [0.2, 0.25) is 0 Å². The zero-order chi connectivity index (χ0) is 24.4. The molecule has 2 aromatic carbocycles. The van der Waals surface area contributed by atoms with Gasteiger partial charge in [-0.2, -0.15) is 0 Å². The first-order valence-corrected chi connectivity index (χ1v) is 11.4. The van der Waals surface area contributed by atoms with Crippen LogP contribution in [0.3, 0.4) is 0 Å². The van der Waals surface area contributed by atoms with Crippen LogP contribution in [0.5, 0.6) is 5.75 Å². The Morgan fingerprint density at radius 3 is 2.44 bits per heavy atom. The van der Waals surface area contributed by atoms with Crippen molar-refractivity contribution in [2.45, 2.75) is 24.9 Å². The maximum Gasteiger partial charge on any atom is 0.355 e. The second-order valence-electron chi connectivity index (χ2n) is 7.76. The fourth-order valence-corrected chi connectivity index (χ4v) is 5.08. The van der Waals surface area contributed by atoms with Crippen molar-refractivity contribution in [2.24, 2.45) is 0 Å². The molecule has 0 aromatic heterocycles. The lowest BCUT2D eigenvalue weighted by atomic mass is 10.0. The van der Waals surface area contributed by atoms with Crippen LogP contribution in [0.4, 0.5) is 0 Å². The van der Waals surface area contributed by atoms with Crippen molar-refractivity contribution in [1.29, 1.82) is 0 Å². The molecule has 0 spiro atoms. The van der Waals surface area contributed by atoms with Crippen LogP contribution < -0.4 is 10.1 Å². The second kappa shape index (κ2) is 9.60. The van der Waals surface area contributed by atoms with E-state index >= 15 is 0 Å². The number of thioether (sulfide) groups is 1. The van der Waals surface area contributed by atoms with Crippen LogP contribution in [0, 0.1) is 0 Å². The Bertz CT molecular complexity index is 1190. The Kier molecular flexibility index (Phi) is 6.60. The van der Waals surface area contributed by atoms with Gasteiger partial charge in [-0.15, -0.1) is 11.8 Å². The summed E-state index contributed by atoms with van der Waals surface area (Å²) in [4.78, 5) is 51.2. The number of benzene rings is 2. The summed E-state index contributed by atoms with van der Waals surface area (Å²) >= 11 is 1.41. The number of fused-ring (bicyclic) bond motifs is 1. The van der Waals surface area contributed by atoms with E-state index in [2.05, 4.69) is 5.32 Å². The molecule has 2 amide bonds. The average molecular weight is 483 g/mol. The SMILES string of the molecule is COc1ccc(COC(=O)C2=C(C)CS[C@H]3C(NC(=O)c4ccccc4C(=O)O)C(=O)N23)cc1. The minimum atomic E-state index is -1.24. The summed E-state index contributed by atoms with van der Waals surface area (Å²) in [6.45, 7) is 1.79. The number of nitrogens with one attached hydrogen (secondary N) is 1. The number of ether oxygens (including phenoxy) is 2. The molecule has 10 heteroatoms. The summed E-state index contributed by atoms with van der Waals surface area (Å²) in [5.41, 5.74) is 1.46. The smallest absolute Gasteiger partial charge is 0.355 e. The van der Waals surface area contributed by atoms with Crippen molar-refractivity contribution in [3.05, 3.63) is 76.5 Å². The van der Waals surface area contributed by atoms with E-state index in [9.17, 15) is 24.3 Å². The van der Waals surface area contributed by atoms with Gasteiger partial charge in [-0.05, 0) is 42.3 Å². The third-order valence-electron chi connectivity index (χ3n) is 5.57. The van der Waals surface area contributed by atoms with Crippen LogP contribution >= 0.6 is 11.8 Å².